The summed E-state index contributed by atoms with van der Waals surface area (Å²) in [4.78, 5) is 12.2. The topological polar surface area (TPSA) is 92.3 Å². The number of aromatic nitrogens is 2. The summed E-state index contributed by atoms with van der Waals surface area (Å²) in [7, 11) is -3.63. The minimum atomic E-state index is -3.63. The van der Waals surface area contributed by atoms with Crippen molar-refractivity contribution in [1.29, 1.82) is 0 Å². The molecular formula is C14H15BrN4O3S3. The highest BCUT2D eigenvalue weighted by Gasteiger charge is 2.21. The number of sulfonamides is 1. The third-order valence-electron chi connectivity index (χ3n) is 2.76. The SMILES string of the molecule is C=CCSc1nnc(NC(=O)CN(c2cccc(Br)c2)S(C)(=O)=O)s1. The van der Waals surface area contributed by atoms with Crippen molar-refractivity contribution in [2.45, 2.75) is 4.34 Å². The molecule has 0 spiro atoms. The predicted octanol–water partition coefficient (Wildman–Crippen LogP) is 2.98. The highest BCUT2D eigenvalue weighted by molar-refractivity contribution is 9.10. The smallest absolute Gasteiger partial charge is 0.246 e. The Kier molecular flexibility index (Phi) is 6.99. The van der Waals surface area contributed by atoms with Crippen molar-refractivity contribution in [3.8, 4) is 0 Å². The van der Waals surface area contributed by atoms with E-state index in [4.69, 9.17) is 0 Å². The summed E-state index contributed by atoms with van der Waals surface area (Å²) in [5, 5.41) is 10.7. The fourth-order valence-electron chi connectivity index (χ4n) is 1.77. The zero-order chi connectivity index (χ0) is 18.4. The molecule has 0 aliphatic carbocycles. The lowest BCUT2D eigenvalue weighted by Gasteiger charge is -2.21. The molecule has 0 saturated carbocycles. The summed E-state index contributed by atoms with van der Waals surface area (Å²) >= 11 is 5.96. The molecule has 2 rings (SSSR count). The standard InChI is InChI=1S/C14H15BrN4O3S3/c1-3-7-23-14-18-17-13(24-14)16-12(20)9-19(25(2,21)22)11-6-4-5-10(15)8-11/h3-6,8H,1,7,9H2,2H3,(H,16,17,20). The molecule has 0 saturated heterocycles. The molecule has 0 fully saturated rings. The van der Waals surface area contributed by atoms with Gasteiger partial charge in [0.2, 0.25) is 21.1 Å². The molecule has 0 bridgehead atoms. The van der Waals surface area contributed by atoms with Gasteiger partial charge >= 0.3 is 0 Å². The number of anilines is 2. The summed E-state index contributed by atoms with van der Waals surface area (Å²) in [5.41, 5.74) is 0.395. The average molecular weight is 463 g/mol. The van der Waals surface area contributed by atoms with E-state index in [-0.39, 0.29) is 6.54 Å². The van der Waals surface area contributed by atoms with Crippen molar-refractivity contribution >= 4 is 65.8 Å². The Morgan fingerprint density at radius 1 is 1.48 bits per heavy atom. The maximum Gasteiger partial charge on any atom is 0.246 e. The van der Waals surface area contributed by atoms with Crippen LogP contribution < -0.4 is 9.62 Å². The quantitative estimate of drug-likeness (QED) is 0.368. The van der Waals surface area contributed by atoms with E-state index >= 15 is 0 Å². The van der Waals surface area contributed by atoms with E-state index in [1.807, 2.05) is 0 Å². The normalized spacial score (nSPS) is 11.1. The van der Waals surface area contributed by atoms with E-state index in [0.29, 0.717) is 25.4 Å². The molecule has 2 aromatic rings. The Morgan fingerprint density at radius 2 is 2.24 bits per heavy atom. The van der Waals surface area contributed by atoms with Crippen molar-refractivity contribution in [2.24, 2.45) is 0 Å². The van der Waals surface area contributed by atoms with E-state index in [1.54, 1.807) is 30.3 Å². The van der Waals surface area contributed by atoms with Gasteiger partial charge < -0.3 is 0 Å². The predicted molar refractivity (Wildman–Crippen MR) is 106 cm³/mol. The van der Waals surface area contributed by atoms with Gasteiger partial charge in [0.05, 0.1) is 11.9 Å². The van der Waals surface area contributed by atoms with Crippen LogP contribution in [0.5, 0.6) is 0 Å². The Labute approximate surface area is 162 Å². The van der Waals surface area contributed by atoms with Crippen LogP contribution in [0.1, 0.15) is 0 Å². The van der Waals surface area contributed by atoms with E-state index in [0.717, 1.165) is 10.6 Å². The lowest BCUT2D eigenvalue weighted by atomic mass is 10.3. The van der Waals surface area contributed by atoms with Crippen LogP contribution in [-0.2, 0) is 14.8 Å². The zero-order valence-electron chi connectivity index (χ0n) is 13.2. The Bertz CT molecular complexity index is 870. The second-order valence-electron chi connectivity index (χ2n) is 4.77. The van der Waals surface area contributed by atoms with Gasteiger partial charge in [-0.15, -0.1) is 16.8 Å². The number of amides is 1. The molecule has 7 nitrogen and oxygen atoms in total. The van der Waals surface area contributed by atoms with Gasteiger partial charge in [0.15, 0.2) is 4.34 Å². The number of hydrogen-bond donors (Lipinski definition) is 1. The molecule has 0 atom stereocenters. The largest absolute Gasteiger partial charge is 0.299 e. The van der Waals surface area contributed by atoms with E-state index in [2.05, 4.69) is 38.0 Å². The number of hydrogen-bond acceptors (Lipinski definition) is 7. The molecule has 1 aromatic heterocycles. The van der Waals surface area contributed by atoms with Crippen LogP contribution in [-0.4, -0.2) is 43.1 Å². The number of benzene rings is 1. The summed E-state index contributed by atoms with van der Waals surface area (Å²) in [6.07, 6.45) is 2.79. The van der Waals surface area contributed by atoms with Crippen LogP contribution >= 0.6 is 39.0 Å². The molecule has 11 heteroatoms. The van der Waals surface area contributed by atoms with Crippen molar-refractivity contribution in [1.82, 2.24) is 10.2 Å². The second-order valence-corrected chi connectivity index (χ2v) is 9.84. The summed E-state index contributed by atoms with van der Waals surface area (Å²) in [5.74, 6) is 0.190. The maximum atomic E-state index is 12.2. The minimum Gasteiger partial charge on any atom is -0.299 e. The van der Waals surface area contributed by atoms with Crippen LogP contribution in [0.3, 0.4) is 0 Å². The molecule has 1 N–H and O–H groups in total. The summed E-state index contributed by atoms with van der Waals surface area (Å²) < 4.78 is 26.5. The van der Waals surface area contributed by atoms with E-state index < -0.39 is 15.9 Å². The van der Waals surface area contributed by atoms with Gasteiger partial charge in [-0.2, -0.15) is 0 Å². The second kappa shape index (κ2) is 8.79. The van der Waals surface area contributed by atoms with Crippen LogP contribution in [0.4, 0.5) is 10.8 Å². The number of halogens is 1. The molecule has 1 aromatic carbocycles. The van der Waals surface area contributed by atoms with Crippen LogP contribution in [0.2, 0.25) is 0 Å². The van der Waals surface area contributed by atoms with Gasteiger partial charge in [-0.05, 0) is 18.2 Å². The summed E-state index contributed by atoms with van der Waals surface area (Å²) in [6.45, 7) is 3.26. The molecule has 0 unspecified atom stereocenters. The average Bonchev–Trinajstić information content (AvgIpc) is 2.97. The maximum absolute atomic E-state index is 12.2. The molecule has 0 aliphatic rings. The lowest BCUT2D eigenvalue weighted by Crippen LogP contribution is -2.37. The Morgan fingerprint density at radius 3 is 2.88 bits per heavy atom. The third kappa shape index (κ3) is 6.10. The Hall–Kier alpha value is -1.43. The van der Waals surface area contributed by atoms with Crippen LogP contribution in [0.15, 0.2) is 45.7 Å². The van der Waals surface area contributed by atoms with Gasteiger partial charge in [-0.3, -0.25) is 14.4 Å². The Balaban J connectivity index is 2.10. The zero-order valence-corrected chi connectivity index (χ0v) is 17.2. The van der Waals surface area contributed by atoms with Gasteiger partial charge in [-0.1, -0.05) is 51.2 Å². The first-order valence-corrected chi connectivity index (χ1v) is 11.3. The highest BCUT2D eigenvalue weighted by Crippen LogP contribution is 2.26. The fraction of sp³-hybridized carbons (Fsp3) is 0.214. The van der Waals surface area contributed by atoms with E-state index in [1.165, 1.54) is 23.1 Å². The lowest BCUT2D eigenvalue weighted by molar-refractivity contribution is -0.114. The third-order valence-corrected chi connectivity index (χ3v) is 6.36. The number of carbonyl (C=O) groups excluding carboxylic acids is 1. The summed E-state index contributed by atoms with van der Waals surface area (Å²) in [6, 6.07) is 6.72. The molecule has 1 amide bonds. The number of carbonyl (C=O) groups is 1. The number of nitrogens with one attached hydrogen (secondary N) is 1. The van der Waals surface area contributed by atoms with Crippen molar-refractivity contribution in [2.75, 3.05) is 28.2 Å². The molecule has 1 heterocycles. The van der Waals surface area contributed by atoms with E-state index in [9.17, 15) is 13.2 Å². The van der Waals surface area contributed by atoms with Crippen LogP contribution in [0.25, 0.3) is 0 Å². The monoisotopic (exact) mass is 462 g/mol. The van der Waals surface area contributed by atoms with Crippen LogP contribution in [0, 0.1) is 0 Å². The first-order chi connectivity index (χ1) is 11.8. The number of nitrogens with zero attached hydrogens (tertiary/aromatic N) is 3. The molecule has 25 heavy (non-hydrogen) atoms. The number of thioether (sulfide) groups is 1. The van der Waals surface area contributed by atoms with Gasteiger partial charge in [0.25, 0.3) is 0 Å². The first-order valence-electron chi connectivity index (χ1n) is 6.90. The molecule has 0 aliphatic heterocycles. The van der Waals surface area contributed by atoms with Gasteiger partial charge in [0, 0.05) is 10.2 Å². The van der Waals surface area contributed by atoms with Gasteiger partial charge in [0.1, 0.15) is 6.54 Å². The molecule has 0 radical (unpaired) electrons. The number of rotatable bonds is 8. The molecular weight excluding hydrogens is 448 g/mol. The fourth-order valence-corrected chi connectivity index (χ4v) is 4.53. The molecule has 134 valence electrons. The first kappa shape index (κ1) is 19.9. The van der Waals surface area contributed by atoms with Gasteiger partial charge in [-0.25, -0.2) is 8.42 Å². The van der Waals surface area contributed by atoms with Crippen molar-refractivity contribution in [3.05, 3.63) is 41.4 Å². The minimum absolute atomic E-state index is 0.319. The van der Waals surface area contributed by atoms with Crippen molar-refractivity contribution in [3.63, 3.8) is 0 Å². The highest BCUT2D eigenvalue weighted by atomic mass is 79.9. The van der Waals surface area contributed by atoms with Crippen molar-refractivity contribution < 1.29 is 13.2 Å².